The Balaban J connectivity index is 1.53. The number of methoxy groups -OCH3 is 2. The quantitative estimate of drug-likeness (QED) is 0.432. The fourth-order valence-electron chi connectivity index (χ4n) is 3.70. The van der Waals surface area contributed by atoms with Gasteiger partial charge in [0.15, 0.2) is 11.5 Å². The summed E-state index contributed by atoms with van der Waals surface area (Å²) in [5, 5.41) is 5.71. The number of anilines is 2. The minimum Gasteiger partial charge on any atom is -0.495 e. The lowest BCUT2D eigenvalue weighted by molar-refractivity contribution is 0.213. The van der Waals surface area contributed by atoms with Gasteiger partial charge in [-0.3, -0.25) is 4.98 Å². The van der Waals surface area contributed by atoms with E-state index >= 15 is 0 Å². The summed E-state index contributed by atoms with van der Waals surface area (Å²) in [6.07, 6.45) is 4.08. The van der Waals surface area contributed by atoms with Gasteiger partial charge in [-0.2, -0.15) is 0 Å². The van der Waals surface area contributed by atoms with Crippen molar-refractivity contribution in [1.29, 1.82) is 0 Å². The second-order valence-electron chi connectivity index (χ2n) is 7.31. The van der Waals surface area contributed by atoms with Gasteiger partial charge in [-0.15, -0.1) is 11.3 Å². The Labute approximate surface area is 191 Å². The summed E-state index contributed by atoms with van der Waals surface area (Å²) in [7, 11) is 3.24. The minimum atomic E-state index is -0.0638. The van der Waals surface area contributed by atoms with Crippen molar-refractivity contribution < 1.29 is 15.6 Å². The molecule has 1 aliphatic heterocycles. The fourth-order valence-corrected chi connectivity index (χ4v) is 4.32. The standard InChI is InChI=1S/C23H23N5O3S/c1-29-19-4-3-14(22-11-25-13-32-22)7-18(19)28-23-16-8-21(31-15-5-6-24-10-15)20(30-2)9-17(16)26-12-27-23/h3-4,7-9,11-13,15,24H,5-6,10H2,1-2H3,(H,26,27,28)/i/hD. The van der Waals surface area contributed by atoms with Crippen molar-refractivity contribution in [2.24, 2.45) is 0 Å². The van der Waals surface area contributed by atoms with Gasteiger partial charge in [-0.1, -0.05) is 0 Å². The lowest BCUT2D eigenvalue weighted by Gasteiger charge is -2.17. The van der Waals surface area contributed by atoms with Crippen LogP contribution in [-0.4, -0.2) is 48.4 Å². The smallest absolute Gasteiger partial charge is 0.162 e. The molecule has 4 aromatic rings. The summed E-state index contributed by atoms with van der Waals surface area (Å²) in [6, 6.07) is 9.68. The molecule has 0 saturated carbocycles. The molecule has 0 radical (unpaired) electrons. The summed E-state index contributed by atoms with van der Waals surface area (Å²) in [4.78, 5) is 14.1. The third-order valence-electron chi connectivity index (χ3n) is 5.33. The van der Waals surface area contributed by atoms with E-state index < -0.39 is 0 Å². The molecule has 3 heterocycles. The Morgan fingerprint density at radius 1 is 1.12 bits per heavy atom. The van der Waals surface area contributed by atoms with Crippen molar-refractivity contribution >= 4 is 33.7 Å². The van der Waals surface area contributed by atoms with Crippen LogP contribution in [0.3, 0.4) is 0 Å². The van der Waals surface area contributed by atoms with Crippen LogP contribution in [0.15, 0.2) is 48.4 Å². The van der Waals surface area contributed by atoms with E-state index in [9.17, 15) is 0 Å². The molecular formula is C23H23N5O3S. The van der Waals surface area contributed by atoms with Crippen molar-refractivity contribution in [2.45, 2.75) is 12.5 Å². The highest BCUT2D eigenvalue weighted by Gasteiger charge is 2.20. The molecule has 1 unspecified atom stereocenters. The van der Waals surface area contributed by atoms with Crippen LogP contribution in [-0.2, 0) is 0 Å². The van der Waals surface area contributed by atoms with E-state index in [2.05, 4.69) is 20.3 Å². The monoisotopic (exact) mass is 450 g/mol. The number of fused-ring (bicyclic) bond motifs is 1. The van der Waals surface area contributed by atoms with E-state index in [4.69, 9.17) is 15.6 Å². The van der Waals surface area contributed by atoms with E-state index in [0.29, 0.717) is 36.2 Å². The molecule has 0 bridgehead atoms. The number of hydrogen-bond acceptors (Lipinski definition) is 9. The summed E-state index contributed by atoms with van der Waals surface area (Å²) in [6.45, 7) is 1.24. The Bertz CT molecular complexity index is 1270. The van der Waals surface area contributed by atoms with Crippen LogP contribution in [0, 0.1) is 0 Å². The van der Waals surface area contributed by atoms with Gasteiger partial charge >= 0.3 is 0 Å². The largest absolute Gasteiger partial charge is 0.495 e. The predicted octanol–water partition coefficient (Wildman–Crippen LogP) is 4.25. The van der Waals surface area contributed by atoms with E-state index in [-0.39, 0.29) is 6.10 Å². The first-order valence-corrected chi connectivity index (χ1v) is 11.1. The normalized spacial score (nSPS) is 16.7. The molecule has 1 saturated heterocycles. The average Bonchev–Trinajstić information content (AvgIpc) is 3.51. The number of ether oxygens (including phenoxy) is 3. The van der Waals surface area contributed by atoms with E-state index in [1.54, 1.807) is 25.6 Å². The predicted molar refractivity (Wildman–Crippen MR) is 125 cm³/mol. The highest BCUT2D eigenvalue weighted by atomic mass is 32.1. The van der Waals surface area contributed by atoms with Crippen LogP contribution in [0.25, 0.3) is 21.3 Å². The zero-order chi connectivity index (χ0) is 22.8. The maximum absolute atomic E-state index is 7.80. The van der Waals surface area contributed by atoms with Gasteiger partial charge in [-0.25, -0.2) is 9.97 Å². The number of hydrogen-bond donors (Lipinski definition) is 2. The molecule has 1 aliphatic rings. The first kappa shape index (κ1) is 19.3. The van der Waals surface area contributed by atoms with Gasteiger partial charge in [0.05, 0.1) is 35.8 Å². The topological polar surface area (TPSA) is 90.4 Å². The molecule has 0 aliphatic carbocycles. The van der Waals surface area contributed by atoms with Crippen LogP contribution < -0.4 is 24.8 Å². The minimum absolute atomic E-state index is 0.0638. The van der Waals surface area contributed by atoms with Crippen molar-refractivity contribution in [3.63, 3.8) is 0 Å². The lowest BCUT2D eigenvalue weighted by atomic mass is 10.1. The van der Waals surface area contributed by atoms with E-state index in [1.807, 2.05) is 42.0 Å². The molecule has 2 aromatic carbocycles. The maximum atomic E-state index is 7.80. The molecule has 2 aromatic heterocycles. The number of nitrogens with zero attached hydrogens (tertiary/aromatic N) is 3. The van der Waals surface area contributed by atoms with Crippen LogP contribution in [0.4, 0.5) is 11.5 Å². The molecule has 164 valence electrons. The Kier molecular flexibility index (Phi) is 5.40. The van der Waals surface area contributed by atoms with Crippen molar-refractivity contribution in [3.8, 4) is 27.7 Å². The average molecular weight is 451 g/mol. The van der Waals surface area contributed by atoms with Gasteiger partial charge in [0, 0.05) is 24.2 Å². The molecule has 2 N–H and O–H groups in total. The molecule has 1 fully saturated rings. The first-order valence-electron chi connectivity index (χ1n) is 10.7. The molecule has 5 rings (SSSR count). The van der Waals surface area contributed by atoms with Crippen molar-refractivity contribution in [3.05, 3.63) is 48.4 Å². The van der Waals surface area contributed by atoms with Gasteiger partial charge < -0.3 is 24.8 Å². The molecule has 0 amide bonds. The summed E-state index contributed by atoms with van der Waals surface area (Å²) >= 11 is 1.58. The van der Waals surface area contributed by atoms with E-state index in [0.717, 1.165) is 33.5 Å². The third kappa shape index (κ3) is 4.04. The fraction of sp³-hybridized carbons (Fsp3) is 0.261. The van der Waals surface area contributed by atoms with Crippen molar-refractivity contribution in [2.75, 3.05) is 32.6 Å². The molecule has 8 nitrogen and oxygen atoms in total. The van der Waals surface area contributed by atoms with Gasteiger partial charge in [-0.05, 0) is 42.8 Å². The number of nitrogens with one attached hydrogen (secondary N) is 2. The number of aromatic nitrogens is 3. The number of benzene rings is 2. The van der Waals surface area contributed by atoms with Crippen LogP contribution in [0.5, 0.6) is 17.2 Å². The summed E-state index contributed by atoms with van der Waals surface area (Å²) < 4.78 is 25.1. The second kappa shape index (κ2) is 8.97. The highest BCUT2D eigenvalue weighted by Crippen LogP contribution is 2.38. The third-order valence-corrected chi connectivity index (χ3v) is 6.15. The number of rotatable bonds is 7. The zero-order valence-corrected chi connectivity index (χ0v) is 18.6. The van der Waals surface area contributed by atoms with Crippen LogP contribution in [0.2, 0.25) is 1.41 Å². The maximum Gasteiger partial charge on any atom is 0.162 e. The summed E-state index contributed by atoms with van der Waals surface area (Å²) in [5.74, 6) is 2.52. The molecule has 1 atom stereocenters. The van der Waals surface area contributed by atoms with Crippen LogP contribution >= 0.6 is 11.3 Å². The number of thiazole rings is 1. The molecule has 32 heavy (non-hydrogen) atoms. The second-order valence-corrected chi connectivity index (χ2v) is 8.19. The van der Waals surface area contributed by atoms with Gasteiger partial charge in [0.2, 0.25) is 0 Å². The lowest BCUT2D eigenvalue weighted by Crippen LogP contribution is -2.19. The molecule has 0 spiro atoms. The Morgan fingerprint density at radius 3 is 2.78 bits per heavy atom. The Hall–Kier alpha value is -3.43. The van der Waals surface area contributed by atoms with Crippen molar-refractivity contribution in [1.82, 2.24) is 20.3 Å². The molecular weight excluding hydrogens is 426 g/mol. The van der Waals surface area contributed by atoms with Gasteiger partial charge in [0.1, 0.15) is 25.4 Å². The van der Waals surface area contributed by atoms with Crippen LogP contribution in [0.1, 0.15) is 6.42 Å². The summed E-state index contributed by atoms with van der Waals surface area (Å²) in [5.41, 5.74) is 4.35. The zero-order valence-electron chi connectivity index (χ0n) is 18.7. The SMILES string of the molecule is [2H]N1CCC(Oc2cc3c(Nc4cc(-c5cncs5)ccc4OC)ncnc3cc2OC)C1. The molecule has 9 heteroatoms. The highest BCUT2D eigenvalue weighted by molar-refractivity contribution is 7.13. The first-order chi connectivity index (χ1) is 16.1. The van der Waals surface area contributed by atoms with E-state index in [1.165, 1.54) is 11.6 Å². The Morgan fingerprint density at radius 2 is 2.03 bits per heavy atom. The van der Waals surface area contributed by atoms with Gasteiger partial charge in [0.25, 0.3) is 0 Å².